The number of alkyl carbamates (subject to hydrolysis) is 1. The lowest BCUT2D eigenvalue weighted by atomic mass is 10.1. The van der Waals surface area contributed by atoms with Gasteiger partial charge in [0.15, 0.2) is 11.5 Å². The lowest BCUT2D eigenvalue weighted by Crippen LogP contribution is -2.35. The summed E-state index contributed by atoms with van der Waals surface area (Å²) in [6, 6.07) is 4.02. The third-order valence-corrected chi connectivity index (χ3v) is 3.24. The summed E-state index contributed by atoms with van der Waals surface area (Å²) in [5, 5.41) is 2.86. The molecule has 0 fully saturated rings. The summed E-state index contributed by atoms with van der Waals surface area (Å²) in [5.41, 5.74) is 2.36. The molecule has 104 valence electrons. The molecule has 1 N–H and O–H groups in total. The van der Waals surface area contributed by atoms with E-state index in [1.54, 1.807) is 21.1 Å². The van der Waals surface area contributed by atoms with Crippen molar-refractivity contribution in [2.45, 2.75) is 25.8 Å². The lowest BCUT2D eigenvalue weighted by Gasteiger charge is -2.11. The van der Waals surface area contributed by atoms with E-state index >= 15 is 0 Å². The van der Waals surface area contributed by atoms with E-state index in [9.17, 15) is 4.79 Å². The quantitative estimate of drug-likeness (QED) is 0.903. The van der Waals surface area contributed by atoms with Crippen LogP contribution in [0.5, 0.6) is 11.5 Å². The number of hydrogen-bond acceptors (Lipinski definition) is 4. The second kappa shape index (κ2) is 5.82. The molecule has 5 nitrogen and oxygen atoms in total. The zero-order valence-corrected chi connectivity index (χ0v) is 11.5. The Morgan fingerprint density at radius 3 is 2.16 bits per heavy atom. The topological polar surface area (TPSA) is 56.8 Å². The zero-order valence-electron chi connectivity index (χ0n) is 11.5. The van der Waals surface area contributed by atoms with Crippen LogP contribution < -0.4 is 14.8 Å². The van der Waals surface area contributed by atoms with Crippen LogP contribution in [0.15, 0.2) is 12.1 Å². The van der Waals surface area contributed by atoms with Crippen LogP contribution in [0.1, 0.15) is 18.1 Å². The van der Waals surface area contributed by atoms with Gasteiger partial charge in [-0.1, -0.05) is 0 Å². The van der Waals surface area contributed by atoms with Crippen molar-refractivity contribution < 1.29 is 19.0 Å². The number of rotatable bonds is 4. The summed E-state index contributed by atoms with van der Waals surface area (Å²) in [6.45, 7) is 2.17. The van der Waals surface area contributed by atoms with Crippen LogP contribution in [0, 0.1) is 0 Å². The molecule has 1 aliphatic carbocycles. The number of amides is 1. The Bertz CT molecular complexity index is 440. The molecule has 0 bridgehead atoms. The van der Waals surface area contributed by atoms with Gasteiger partial charge in [0.2, 0.25) is 0 Å². The van der Waals surface area contributed by atoms with Gasteiger partial charge in [-0.05, 0) is 43.0 Å². The van der Waals surface area contributed by atoms with Crippen LogP contribution in [0.25, 0.3) is 0 Å². The molecule has 1 aromatic carbocycles. The number of nitrogens with one attached hydrogen (secondary N) is 1. The Hall–Kier alpha value is -1.91. The van der Waals surface area contributed by atoms with Crippen molar-refractivity contribution in [2.75, 3.05) is 20.8 Å². The highest BCUT2D eigenvalue weighted by Gasteiger charge is 2.25. The number of fused-ring (bicyclic) bond motifs is 1. The summed E-state index contributed by atoms with van der Waals surface area (Å²) in [7, 11) is 3.24. The van der Waals surface area contributed by atoms with Crippen LogP contribution in [0.3, 0.4) is 0 Å². The van der Waals surface area contributed by atoms with E-state index in [0.717, 1.165) is 24.3 Å². The van der Waals surface area contributed by atoms with Crippen molar-refractivity contribution in [2.24, 2.45) is 0 Å². The third-order valence-electron chi connectivity index (χ3n) is 3.24. The molecule has 0 unspecified atom stereocenters. The lowest BCUT2D eigenvalue weighted by molar-refractivity contribution is 0.148. The number of carbonyl (C=O) groups is 1. The highest BCUT2D eigenvalue weighted by Crippen LogP contribution is 2.34. The van der Waals surface area contributed by atoms with Gasteiger partial charge in [0.1, 0.15) is 0 Å². The monoisotopic (exact) mass is 265 g/mol. The number of ether oxygens (including phenoxy) is 3. The second-order valence-corrected chi connectivity index (χ2v) is 4.45. The molecule has 1 aliphatic rings. The number of benzene rings is 1. The fraction of sp³-hybridized carbons (Fsp3) is 0.500. The van der Waals surface area contributed by atoms with E-state index < -0.39 is 0 Å². The van der Waals surface area contributed by atoms with Gasteiger partial charge >= 0.3 is 6.09 Å². The minimum absolute atomic E-state index is 0.0749. The minimum Gasteiger partial charge on any atom is -0.493 e. The Morgan fingerprint density at radius 1 is 1.21 bits per heavy atom. The molecule has 0 atom stereocenters. The number of methoxy groups -OCH3 is 2. The van der Waals surface area contributed by atoms with Gasteiger partial charge in [-0.2, -0.15) is 0 Å². The first-order valence-electron chi connectivity index (χ1n) is 6.35. The van der Waals surface area contributed by atoms with Crippen molar-refractivity contribution in [3.8, 4) is 11.5 Å². The zero-order chi connectivity index (χ0) is 13.8. The summed E-state index contributed by atoms with van der Waals surface area (Å²) in [5.74, 6) is 1.44. The number of hydrogen-bond donors (Lipinski definition) is 1. The molecule has 1 aromatic rings. The summed E-state index contributed by atoms with van der Waals surface area (Å²) >= 11 is 0. The average molecular weight is 265 g/mol. The van der Waals surface area contributed by atoms with Crippen LogP contribution >= 0.6 is 0 Å². The van der Waals surface area contributed by atoms with Crippen molar-refractivity contribution in [1.82, 2.24) is 5.32 Å². The van der Waals surface area contributed by atoms with Crippen LogP contribution in [-0.2, 0) is 17.6 Å². The van der Waals surface area contributed by atoms with Crippen molar-refractivity contribution in [3.63, 3.8) is 0 Å². The Morgan fingerprint density at radius 2 is 1.74 bits per heavy atom. The minimum atomic E-state index is -0.362. The molecular formula is C14H19NO4. The molecule has 0 saturated heterocycles. The van der Waals surface area contributed by atoms with Crippen molar-refractivity contribution in [1.29, 1.82) is 0 Å². The fourth-order valence-corrected chi connectivity index (χ4v) is 2.39. The molecule has 0 aromatic heterocycles. The van der Waals surface area contributed by atoms with Crippen LogP contribution in [0.4, 0.5) is 4.79 Å². The van der Waals surface area contributed by atoms with Gasteiger partial charge in [0, 0.05) is 6.04 Å². The van der Waals surface area contributed by atoms with Gasteiger partial charge in [0.05, 0.1) is 20.8 Å². The Labute approximate surface area is 112 Å². The van der Waals surface area contributed by atoms with Gasteiger partial charge < -0.3 is 19.5 Å². The third kappa shape index (κ3) is 2.92. The molecule has 0 saturated carbocycles. The van der Waals surface area contributed by atoms with Crippen LogP contribution in [-0.4, -0.2) is 33.0 Å². The number of carbonyl (C=O) groups excluding carboxylic acids is 1. The highest BCUT2D eigenvalue weighted by molar-refractivity contribution is 5.68. The molecule has 1 amide bonds. The van der Waals surface area contributed by atoms with Gasteiger partial charge in [-0.25, -0.2) is 4.79 Å². The first-order valence-corrected chi connectivity index (χ1v) is 6.35. The molecular weight excluding hydrogens is 246 g/mol. The van der Waals surface area contributed by atoms with Crippen molar-refractivity contribution >= 4 is 6.09 Å². The van der Waals surface area contributed by atoms with E-state index in [1.165, 1.54) is 11.1 Å². The molecule has 0 aliphatic heterocycles. The Kier molecular flexibility index (Phi) is 4.14. The summed E-state index contributed by atoms with van der Waals surface area (Å²) in [6.07, 6.45) is 1.21. The predicted molar refractivity (Wildman–Crippen MR) is 70.9 cm³/mol. The maximum atomic E-state index is 11.4. The molecule has 19 heavy (non-hydrogen) atoms. The normalized spacial score (nSPS) is 13.8. The van der Waals surface area contributed by atoms with E-state index in [1.807, 2.05) is 12.1 Å². The molecule has 5 heteroatoms. The van der Waals surface area contributed by atoms with E-state index in [-0.39, 0.29) is 12.1 Å². The van der Waals surface area contributed by atoms with Gasteiger partial charge in [-0.3, -0.25) is 0 Å². The fourth-order valence-electron chi connectivity index (χ4n) is 2.39. The Balaban J connectivity index is 2.09. The first-order chi connectivity index (χ1) is 9.17. The van der Waals surface area contributed by atoms with Crippen molar-refractivity contribution in [3.05, 3.63) is 23.3 Å². The largest absolute Gasteiger partial charge is 0.493 e. The average Bonchev–Trinajstić information content (AvgIpc) is 2.78. The standard InChI is InChI=1S/C14H19NO4/c1-4-19-14(16)15-11-5-9-7-12(17-2)13(18-3)8-10(9)6-11/h7-8,11H,4-6H2,1-3H3,(H,15,16). The molecule has 0 spiro atoms. The molecule has 2 rings (SSSR count). The smallest absolute Gasteiger partial charge is 0.407 e. The van der Waals surface area contributed by atoms with E-state index in [4.69, 9.17) is 14.2 Å². The van der Waals surface area contributed by atoms with E-state index in [2.05, 4.69) is 5.32 Å². The SMILES string of the molecule is CCOC(=O)NC1Cc2cc(OC)c(OC)cc2C1. The highest BCUT2D eigenvalue weighted by atomic mass is 16.5. The van der Waals surface area contributed by atoms with Crippen LogP contribution in [0.2, 0.25) is 0 Å². The molecule has 0 heterocycles. The maximum absolute atomic E-state index is 11.4. The van der Waals surface area contributed by atoms with Gasteiger partial charge in [-0.15, -0.1) is 0 Å². The second-order valence-electron chi connectivity index (χ2n) is 4.45. The van der Waals surface area contributed by atoms with E-state index in [0.29, 0.717) is 6.61 Å². The summed E-state index contributed by atoms with van der Waals surface area (Å²) in [4.78, 5) is 11.4. The summed E-state index contributed by atoms with van der Waals surface area (Å²) < 4.78 is 15.5. The first kappa shape index (κ1) is 13.5. The maximum Gasteiger partial charge on any atom is 0.407 e. The van der Waals surface area contributed by atoms with Gasteiger partial charge in [0.25, 0.3) is 0 Å². The molecule has 0 radical (unpaired) electrons. The predicted octanol–water partition coefficient (Wildman–Crippen LogP) is 1.92.